The number of carbonyl (C=O) groups excluding carboxylic acids is 2. The second-order valence-electron chi connectivity index (χ2n) is 3.90. The van der Waals surface area contributed by atoms with E-state index in [0.717, 1.165) is 5.01 Å². The van der Waals surface area contributed by atoms with Crippen LogP contribution in [0.3, 0.4) is 0 Å². The summed E-state index contributed by atoms with van der Waals surface area (Å²) in [6, 6.07) is 0. The van der Waals surface area contributed by atoms with Gasteiger partial charge in [-0.3, -0.25) is 4.79 Å². The first kappa shape index (κ1) is 12.3. The smallest absolute Gasteiger partial charge is 0.427 e. The van der Waals surface area contributed by atoms with Gasteiger partial charge in [-0.1, -0.05) is 24.0 Å². The van der Waals surface area contributed by atoms with Crippen LogP contribution in [0.15, 0.2) is 0 Å². The predicted molar refractivity (Wildman–Crippen MR) is 61.3 cm³/mol. The molecule has 5 nitrogen and oxygen atoms in total. The summed E-state index contributed by atoms with van der Waals surface area (Å²) in [5.74, 6) is 0.0186. The minimum atomic E-state index is -0.680. The van der Waals surface area contributed by atoms with Crippen LogP contribution in [0.5, 0.6) is 0 Å². The van der Waals surface area contributed by atoms with Gasteiger partial charge in [-0.25, -0.2) is 10.2 Å². The highest BCUT2D eigenvalue weighted by molar-refractivity contribution is 8.23. The maximum Gasteiger partial charge on any atom is 0.427 e. The van der Waals surface area contributed by atoms with Crippen molar-refractivity contribution in [3.05, 3.63) is 0 Å². The lowest BCUT2D eigenvalue weighted by molar-refractivity contribution is -0.126. The summed E-state index contributed by atoms with van der Waals surface area (Å²) in [6.45, 7) is 5.22. The Hall–Kier alpha value is -0.820. The van der Waals surface area contributed by atoms with Crippen molar-refractivity contribution < 1.29 is 14.3 Å². The van der Waals surface area contributed by atoms with E-state index in [1.165, 1.54) is 11.8 Å². The molecule has 2 amide bonds. The van der Waals surface area contributed by atoms with E-state index in [9.17, 15) is 9.59 Å². The van der Waals surface area contributed by atoms with Crippen molar-refractivity contribution in [2.45, 2.75) is 26.4 Å². The molecular weight excluding hydrogens is 236 g/mol. The molecule has 1 heterocycles. The Morgan fingerprint density at radius 3 is 2.60 bits per heavy atom. The van der Waals surface area contributed by atoms with Crippen molar-refractivity contribution in [3.63, 3.8) is 0 Å². The molecule has 0 aromatic rings. The van der Waals surface area contributed by atoms with Crippen LogP contribution in [0, 0.1) is 0 Å². The van der Waals surface area contributed by atoms with Crippen LogP contribution in [0.25, 0.3) is 0 Å². The number of hydrogen-bond acceptors (Lipinski definition) is 5. The van der Waals surface area contributed by atoms with Crippen molar-refractivity contribution in [3.8, 4) is 0 Å². The molecule has 0 atom stereocenters. The largest absolute Gasteiger partial charge is 0.443 e. The van der Waals surface area contributed by atoms with E-state index in [1.54, 1.807) is 20.8 Å². The van der Waals surface area contributed by atoms with Gasteiger partial charge in [0, 0.05) is 0 Å². The molecule has 0 aromatic carbocycles. The van der Waals surface area contributed by atoms with Crippen molar-refractivity contribution in [2.75, 3.05) is 5.75 Å². The van der Waals surface area contributed by atoms with Gasteiger partial charge in [0.15, 0.2) is 4.32 Å². The Kier molecular flexibility index (Phi) is 3.56. The number of nitrogens with one attached hydrogen (secondary N) is 1. The van der Waals surface area contributed by atoms with Gasteiger partial charge in [0.25, 0.3) is 5.91 Å². The van der Waals surface area contributed by atoms with Crippen LogP contribution in [0.1, 0.15) is 20.8 Å². The number of rotatable bonds is 1. The van der Waals surface area contributed by atoms with Gasteiger partial charge in [0.1, 0.15) is 5.60 Å². The van der Waals surface area contributed by atoms with Crippen LogP contribution in [0.2, 0.25) is 0 Å². The third kappa shape index (κ3) is 3.67. The molecule has 1 rings (SSSR count). The number of thiocarbonyl (C=S) groups is 1. The van der Waals surface area contributed by atoms with Gasteiger partial charge in [-0.05, 0) is 20.8 Å². The highest BCUT2D eigenvalue weighted by atomic mass is 32.2. The number of ether oxygens (including phenoxy) is 1. The summed E-state index contributed by atoms with van der Waals surface area (Å²) in [4.78, 5) is 22.5. The van der Waals surface area contributed by atoms with Crippen molar-refractivity contribution in [1.29, 1.82) is 0 Å². The molecule has 84 valence electrons. The Morgan fingerprint density at radius 2 is 2.20 bits per heavy atom. The zero-order chi connectivity index (χ0) is 11.6. The monoisotopic (exact) mass is 248 g/mol. The zero-order valence-corrected chi connectivity index (χ0v) is 10.3. The Morgan fingerprint density at radius 1 is 1.60 bits per heavy atom. The molecule has 0 radical (unpaired) electrons. The third-order valence-corrected chi connectivity index (χ3v) is 2.71. The second kappa shape index (κ2) is 4.36. The van der Waals surface area contributed by atoms with Crippen LogP contribution in [-0.4, -0.2) is 32.7 Å². The summed E-state index contributed by atoms with van der Waals surface area (Å²) in [5, 5.41) is 1.04. The van der Waals surface area contributed by atoms with E-state index in [0.29, 0.717) is 4.32 Å². The van der Waals surface area contributed by atoms with E-state index >= 15 is 0 Å². The highest BCUT2D eigenvalue weighted by Crippen LogP contribution is 2.17. The maximum atomic E-state index is 11.3. The molecule has 1 aliphatic heterocycles. The average Bonchev–Trinajstić information content (AvgIpc) is 2.32. The van der Waals surface area contributed by atoms with Crippen LogP contribution in [-0.2, 0) is 9.53 Å². The Bertz CT molecular complexity index is 295. The average molecular weight is 248 g/mol. The number of hydrogen-bond donors (Lipinski definition) is 1. The van der Waals surface area contributed by atoms with Gasteiger partial charge < -0.3 is 4.74 Å². The quantitative estimate of drug-likeness (QED) is 0.708. The molecule has 0 aromatic heterocycles. The normalized spacial score (nSPS) is 16.9. The van der Waals surface area contributed by atoms with Crippen molar-refractivity contribution in [2.24, 2.45) is 0 Å². The van der Waals surface area contributed by atoms with Crippen molar-refractivity contribution in [1.82, 2.24) is 10.4 Å². The minimum absolute atomic E-state index is 0.240. The second-order valence-corrected chi connectivity index (χ2v) is 5.51. The Balaban J connectivity index is 2.51. The molecule has 1 aliphatic rings. The first-order valence-corrected chi connectivity index (χ1v) is 5.68. The number of carbonyl (C=O) groups is 2. The van der Waals surface area contributed by atoms with E-state index < -0.39 is 11.7 Å². The lowest BCUT2D eigenvalue weighted by Crippen LogP contribution is -2.47. The lowest BCUT2D eigenvalue weighted by atomic mass is 10.2. The Labute approximate surface area is 97.5 Å². The fraction of sp³-hybridized carbons (Fsp3) is 0.625. The number of nitrogens with zero attached hydrogens (tertiary/aromatic N) is 1. The van der Waals surface area contributed by atoms with E-state index in [4.69, 9.17) is 17.0 Å². The minimum Gasteiger partial charge on any atom is -0.443 e. The standard InChI is InChI=1S/C8H12N2O3S2/c1-8(2,3)13-6(12)9-10-5(11)4-15-7(10)14/h4H2,1-3H3,(H,9,12). The SMILES string of the molecule is CC(C)(C)OC(=O)NN1C(=O)CSC1=S. The summed E-state index contributed by atoms with van der Waals surface area (Å²) >= 11 is 6.09. The fourth-order valence-electron chi connectivity index (χ4n) is 0.855. The summed E-state index contributed by atoms with van der Waals surface area (Å²) in [6.07, 6.45) is -0.680. The molecule has 15 heavy (non-hydrogen) atoms. The van der Waals surface area contributed by atoms with Crippen LogP contribution in [0.4, 0.5) is 4.79 Å². The van der Waals surface area contributed by atoms with E-state index in [-0.39, 0.29) is 11.7 Å². The number of hydrazine groups is 1. The van der Waals surface area contributed by atoms with Crippen LogP contribution < -0.4 is 5.43 Å². The lowest BCUT2D eigenvalue weighted by Gasteiger charge is -2.22. The molecule has 0 aliphatic carbocycles. The number of thioether (sulfide) groups is 1. The molecule has 0 spiro atoms. The summed E-state index contributed by atoms with van der Waals surface area (Å²) in [7, 11) is 0. The van der Waals surface area contributed by atoms with E-state index in [2.05, 4.69) is 5.43 Å². The van der Waals surface area contributed by atoms with Gasteiger partial charge >= 0.3 is 6.09 Å². The molecule has 1 fully saturated rings. The van der Waals surface area contributed by atoms with Gasteiger partial charge in [0.2, 0.25) is 0 Å². The summed E-state index contributed by atoms with van der Waals surface area (Å²) < 4.78 is 5.32. The maximum absolute atomic E-state index is 11.3. The number of amides is 2. The predicted octanol–water partition coefficient (Wildman–Crippen LogP) is 1.29. The first-order valence-electron chi connectivity index (χ1n) is 4.29. The van der Waals surface area contributed by atoms with Gasteiger partial charge in [-0.2, -0.15) is 5.01 Å². The third-order valence-electron chi connectivity index (χ3n) is 1.35. The summed E-state index contributed by atoms with van der Waals surface area (Å²) in [5.41, 5.74) is 1.70. The molecule has 1 saturated heterocycles. The molecule has 0 saturated carbocycles. The van der Waals surface area contributed by atoms with Gasteiger partial charge in [0.05, 0.1) is 5.75 Å². The molecule has 1 N–H and O–H groups in total. The zero-order valence-electron chi connectivity index (χ0n) is 8.70. The van der Waals surface area contributed by atoms with Gasteiger partial charge in [-0.15, -0.1) is 0 Å². The van der Waals surface area contributed by atoms with E-state index in [1.807, 2.05) is 0 Å². The topological polar surface area (TPSA) is 58.6 Å². The molecular formula is C8H12N2O3S2. The highest BCUT2D eigenvalue weighted by Gasteiger charge is 2.29. The molecule has 7 heteroatoms. The molecule has 0 bridgehead atoms. The first-order chi connectivity index (χ1) is 6.79. The van der Waals surface area contributed by atoms with Crippen LogP contribution >= 0.6 is 24.0 Å². The van der Waals surface area contributed by atoms with Crippen molar-refractivity contribution >= 4 is 40.3 Å². The fourth-order valence-corrected chi connectivity index (χ4v) is 1.83. The molecule has 0 unspecified atom stereocenters.